The van der Waals surface area contributed by atoms with E-state index in [0.29, 0.717) is 23.7 Å². The lowest BCUT2D eigenvalue weighted by Crippen LogP contribution is -1.99. The van der Waals surface area contributed by atoms with Gasteiger partial charge in [-0.1, -0.05) is 42.0 Å². The molecule has 0 amide bonds. The van der Waals surface area contributed by atoms with E-state index in [1.165, 1.54) is 3.57 Å². The molecule has 0 radical (unpaired) electrons. The monoisotopic (exact) mass is 559 g/mol. The summed E-state index contributed by atoms with van der Waals surface area (Å²) < 4.78 is 13.5. The number of allylic oxidation sites excluding steroid dienone is 1. The third-order valence-electron chi connectivity index (χ3n) is 4.34. The minimum Gasteiger partial charge on any atom is -0.493 e. The van der Waals surface area contributed by atoms with Gasteiger partial charge in [0.15, 0.2) is 11.5 Å². The van der Waals surface area contributed by atoms with E-state index in [1.54, 1.807) is 7.11 Å². The Hall–Kier alpha value is -2.30. The van der Waals surface area contributed by atoms with Crippen LogP contribution in [0.15, 0.2) is 65.1 Å². The maximum Gasteiger partial charge on any atom is 0.175 e. The molecule has 0 bridgehead atoms. The summed E-state index contributed by atoms with van der Waals surface area (Å²) in [5, 5.41) is 9.60. The predicted octanol–water partition coefficient (Wildman–Crippen LogP) is 7.01. The van der Waals surface area contributed by atoms with Gasteiger partial charge in [0.05, 0.1) is 23.2 Å². The van der Waals surface area contributed by atoms with Crippen molar-refractivity contribution >= 4 is 50.2 Å². The molecular weight excluding hydrogens is 541 g/mol. The molecule has 0 aliphatic carbocycles. The van der Waals surface area contributed by atoms with E-state index in [2.05, 4.69) is 44.6 Å². The quantitative estimate of drug-likeness (QED) is 0.185. The first kappa shape index (κ1) is 21.4. The first-order valence-corrected chi connectivity index (χ1v) is 10.8. The summed E-state index contributed by atoms with van der Waals surface area (Å²) in [6, 6.07) is 22.2. The third-order valence-corrected chi connectivity index (χ3v) is 5.65. The molecule has 5 heteroatoms. The van der Waals surface area contributed by atoms with Crippen molar-refractivity contribution in [3.05, 3.63) is 91.0 Å². The molecule has 0 atom stereocenters. The number of hydrogen-bond acceptors (Lipinski definition) is 3. The lowest BCUT2D eigenvalue weighted by Gasteiger charge is -2.14. The summed E-state index contributed by atoms with van der Waals surface area (Å²) >= 11 is 5.86. The molecule has 3 aromatic rings. The van der Waals surface area contributed by atoms with Gasteiger partial charge in [0.1, 0.15) is 6.61 Å². The number of aryl methyl sites for hydroxylation is 1. The van der Waals surface area contributed by atoms with E-state index in [9.17, 15) is 5.26 Å². The molecule has 3 nitrogen and oxygen atoms in total. The summed E-state index contributed by atoms with van der Waals surface area (Å²) in [6.07, 6.45) is 1.85. The summed E-state index contributed by atoms with van der Waals surface area (Å²) in [6.45, 7) is 2.46. The Balaban J connectivity index is 1.88. The highest BCUT2D eigenvalue weighted by molar-refractivity contribution is 14.1. The van der Waals surface area contributed by atoms with Gasteiger partial charge in [0, 0.05) is 3.57 Å². The van der Waals surface area contributed by atoms with Crippen LogP contribution in [0, 0.1) is 21.8 Å². The summed E-state index contributed by atoms with van der Waals surface area (Å²) in [5.74, 6) is 1.24. The number of nitriles is 1. The van der Waals surface area contributed by atoms with Crippen LogP contribution in [0.3, 0.4) is 0 Å². The van der Waals surface area contributed by atoms with E-state index in [1.807, 2.05) is 73.7 Å². The number of halogens is 2. The van der Waals surface area contributed by atoms with Crippen LogP contribution in [-0.4, -0.2) is 7.11 Å². The lowest BCUT2D eigenvalue weighted by molar-refractivity contribution is 0.282. The van der Waals surface area contributed by atoms with E-state index in [0.717, 1.165) is 26.7 Å². The number of rotatable bonds is 6. The van der Waals surface area contributed by atoms with E-state index in [-0.39, 0.29) is 0 Å². The molecule has 3 rings (SSSR count). The molecule has 0 unspecified atom stereocenters. The van der Waals surface area contributed by atoms with Crippen LogP contribution in [0.5, 0.6) is 11.5 Å². The molecule has 0 aliphatic heterocycles. The minimum atomic E-state index is 0.438. The zero-order valence-electron chi connectivity index (χ0n) is 16.1. The van der Waals surface area contributed by atoms with Gasteiger partial charge >= 0.3 is 0 Å². The number of hydrogen-bond donors (Lipinski definition) is 0. The SMILES string of the molecule is COc1cc(/C=C(/C#N)c2ccc(C)cc2)cc(Br)c1OCc1ccc(I)cc1. The zero-order chi connectivity index (χ0) is 20.8. The summed E-state index contributed by atoms with van der Waals surface area (Å²) in [4.78, 5) is 0. The van der Waals surface area contributed by atoms with Crippen LogP contribution in [0.25, 0.3) is 11.6 Å². The first-order chi connectivity index (χ1) is 14.0. The molecule has 0 aliphatic rings. The van der Waals surface area contributed by atoms with Crippen LogP contribution in [0.4, 0.5) is 0 Å². The number of nitrogens with zero attached hydrogens (tertiary/aromatic N) is 1. The van der Waals surface area contributed by atoms with Crippen molar-refractivity contribution in [1.82, 2.24) is 0 Å². The second-order valence-corrected chi connectivity index (χ2v) is 8.59. The van der Waals surface area contributed by atoms with Crippen molar-refractivity contribution in [2.75, 3.05) is 7.11 Å². The number of benzene rings is 3. The van der Waals surface area contributed by atoms with Crippen molar-refractivity contribution in [1.29, 1.82) is 5.26 Å². The first-order valence-electron chi connectivity index (χ1n) is 8.94. The Bertz CT molecular complexity index is 1070. The Morgan fingerprint density at radius 2 is 1.79 bits per heavy atom. The highest BCUT2D eigenvalue weighted by atomic mass is 127. The molecule has 0 heterocycles. The number of ether oxygens (including phenoxy) is 2. The summed E-state index contributed by atoms with van der Waals surface area (Å²) in [7, 11) is 1.61. The molecule has 0 aromatic heterocycles. The minimum absolute atomic E-state index is 0.438. The molecule has 0 saturated heterocycles. The third kappa shape index (κ3) is 5.62. The van der Waals surface area contributed by atoms with Crippen LogP contribution < -0.4 is 9.47 Å². The van der Waals surface area contributed by atoms with Crippen LogP contribution >= 0.6 is 38.5 Å². The van der Waals surface area contributed by atoms with Crippen LogP contribution in [-0.2, 0) is 6.61 Å². The standard InChI is InChI=1S/C24H19BrINO2/c1-16-3-7-19(8-4-16)20(14-27)11-18-12-22(25)24(23(13-18)28-2)29-15-17-5-9-21(26)10-6-17/h3-13H,15H2,1-2H3/b20-11-. The van der Waals surface area contributed by atoms with Gasteiger partial charge in [0.2, 0.25) is 0 Å². The smallest absolute Gasteiger partial charge is 0.175 e. The highest BCUT2D eigenvalue weighted by Gasteiger charge is 2.12. The Kier molecular flexibility index (Phi) is 7.34. The molecule has 0 spiro atoms. The molecule has 29 heavy (non-hydrogen) atoms. The predicted molar refractivity (Wildman–Crippen MR) is 129 cm³/mol. The highest BCUT2D eigenvalue weighted by Crippen LogP contribution is 2.38. The number of methoxy groups -OCH3 is 1. The lowest BCUT2D eigenvalue weighted by atomic mass is 10.0. The fourth-order valence-corrected chi connectivity index (χ4v) is 3.71. The Morgan fingerprint density at radius 3 is 2.41 bits per heavy atom. The van der Waals surface area contributed by atoms with Gasteiger partial charge in [-0.3, -0.25) is 0 Å². The molecule has 0 N–H and O–H groups in total. The topological polar surface area (TPSA) is 42.2 Å². The second-order valence-electron chi connectivity index (χ2n) is 6.49. The van der Waals surface area contributed by atoms with E-state index in [4.69, 9.17) is 9.47 Å². The molecular formula is C24H19BrINO2. The molecule has 0 fully saturated rings. The largest absolute Gasteiger partial charge is 0.493 e. The van der Waals surface area contributed by atoms with Crippen molar-refractivity contribution in [3.8, 4) is 17.6 Å². The van der Waals surface area contributed by atoms with Crippen molar-refractivity contribution in [2.24, 2.45) is 0 Å². The fraction of sp³-hybridized carbons (Fsp3) is 0.125. The van der Waals surface area contributed by atoms with Gasteiger partial charge < -0.3 is 9.47 Å². The van der Waals surface area contributed by atoms with E-state index < -0.39 is 0 Å². The average Bonchev–Trinajstić information content (AvgIpc) is 2.72. The van der Waals surface area contributed by atoms with Crippen molar-refractivity contribution < 1.29 is 9.47 Å². The molecule has 0 saturated carbocycles. The second kappa shape index (κ2) is 9.95. The fourth-order valence-electron chi connectivity index (χ4n) is 2.78. The van der Waals surface area contributed by atoms with Gasteiger partial charge in [0.25, 0.3) is 0 Å². The molecule has 3 aromatic carbocycles. The van der Waals surface area contributed by atoms with Gasteiger partial charge in [-0.25, -0.2) is 0 Å². The van der Waals surface area contributed by atoms with Crippen molar-refractivity contribution in [2.45, 2.75) is 13.5 Å². The maximum atomic E-state index is 9.60. The maximum absolute atomic E-state index is 9.60. The van der Waals surface area contributed by atoms with Gasteiger partial charge in [-0.15, -0.1) is 0 Å². The Labute approximate surface area is 193 Å². The van der Waals surface area contributed by atoms with E-state index >= 15 is 0 Å². The van der Waals surface area contributed by atoms with Gasteiger partial charge in [-0.2, -0.15) is 5.26 Å². The van der Waals surface area contributed by atoms with Crippen LogP contribution in [0.1, 0.15) is 22.3 Å². The Morgan fingerprint density at radius 1 is 1.10 bits per heavy atom. The normalized spacial score (nSPS) is 11.1. The van der Waals surface area contributed by atoms with Crippen molar-refractivity contribution in [3.63, 3.8) is 0 Å². The molecule has 146 valence electrons. The van der Waals surface area contributed by atoms with Crippen LogP contribution in [0.2, 0.25) is 0 Å². The summed E-state index contributed by atoms with van der Waals surface area (Å²) in [5.41, 5.74) is 4.56. The zero-order valence-corrected chi connectivity index (χ0v) is 19.8. The average molecular weight is 560 g/mol. The van der Waals surface area contributed by atoms with Gasteiger partial charge in [-0.05, 0) is 92.5 Å².